The molecular formula is C20H12O2. The summed E-state index contributed by atoms with van der Waals surface area (Å²) in [6, 6.07) is 22.5. The first-order chi connectivity index (χ1) is 10.8. The molecule has 2 heteroatoms. The third-order valence-corrected chi connectivity index (χ3v) is 4.06. The van der Waals surface area contributed by atoms with E-state index in [9.17, 15) is 9.59 Å². The van der Waals surface area contributed by atoms with Crippen LogP contribution in [0.4, 0.5) is 0 Å². The van der Waals surface area contributed by atoms with Crippen LogP contribution in [0, 0.1) is 0 Å². The molecule has 4 aromatic carbocycles. The summed E-state index contributed by atoms with van der Waals surface area (Å²) in [5.74, 6) is 0. The molecule has 0 radical (unpaired) electrons. The first-order valence-electron chi connectivity index (χ1n) is 7.14. The molecule has 22 heavy (non-hydrogen) atoms. The van der Waals surface area contributed by atoms with Crippen molar-refractivity contribution in [1.82, 2.24) is 0 Å². The van der Waals surface area contributed by atoms with Crippen LogP contribution in [-0.2, 0) is 0 Å². The van der Waals surface area contributed by atoms with Gasteiger partial charge < -0.3 is 0 Å². The average molecular weight is 284 g/mol. The van der Waals surface area contributed by atoms with E-state index in [1.807, 2.05) is 48.5 Å². The molecule has 0 spiro atoms. The molecule has 0 fully saturated rings. The van der Waals surface area contributed by atoms with Crippen LogP contribution in [-0.4, -0.2) is 0 Å². The van der Waals surface area contributed by atoms with Gasteiger partial charge in [-0.3, -0.25) is 9.59 Å². The van der Waals surface area contributed by atoms with Gasteiger partial charge >= 0.3 is 0 Å². The van der Waals surface area contributed by atoms with Crippen molar-refractivity contribution in [2.75, 3.05) is 0 Å². The second-order valence-electron chi connectivity index (χ2n) is 5.29. The van der Waals surface area contributed by atoms with Crippen LogP contribution < -0.4 is 10.9 Å². The van der Waals surface area contributed by atoms with Crippen LogP contribution in [0.2, 0.25) is 0 Å². The Kier molecular flexibility index (Phi) is 2.76. The van der Waals surface area contributed by atoms with E-state index in [2.05, 4.69) is 0 Å². The Morgan fingerprint density at radius 3 is 0.909 bits per heavy atom. The predicted octanol–water partition coefficient (Wildman–Crippen LogP) is 3.87. The largest absolute Gasteiger partial charge is 0.285 e. The van der Waals surface area contributed by atoms with Crippen LogP contribution in [0.3, 0.4) is 0 Å². The number of hydrogen-bond acceptors (Lipinski definition) is 2. The fourth-order valence-electron chi connectivity index (χ4n) is 3.03. The maximum absolute atomic E-state index is 12.6. The second kappa shape index (κ2) is 4.78. The van der Waals surface area contributed by atoms with Crippen molar-refractivity contribution in [1.29, 1.82) is 0 Å². The molecule has 0 aliphatic rings. The van der Waals surface area contributed by atoms with Crippen LogP contribution in [0.5, 0.6) is 0 Å². The Bertz CT molecular complexity index is 1070. The Labute approximate surface area is 126 Å². The molecule has 4 rings (SSSR count). The lowest BCUT2D eigenvalue weighted by Crippen LogP contribution is -2.22. The Hall–Kier alpha value is -3.00. The molecule has 0 bridgehead atoms. The topological polar surface area (TPSA) is 34.1 Å². The second-order valence-corrected chi connectivity index (χ2v) is 5.29. The van der Waals surface area contributed by atoms with Gasteiger partial charge in [0.25, 0.3) is 0 Å². The first-order valence-corrected chi connectivity index (χ1v) is 7.14. The average Bonchev–Trinajstić information content (AvgIpc) is 2.60. The van der Waals surface area contributed by atoms with Gasteiger partial charge in [-0.05, 0) is 21.5 Å². The van der Waals surface area contributed by atoms with Gasteiger partial charge in [0.15, 0.2) is 0 Å². The number of hydrogen-bond donors (Lipinski definition) is 0. The molecule has 0 saturated heterocycles. The standard InChI is InChI=1S/C20H12O2/c21-19-17-11-5-3-9-15(17)13-7-1-2-8-14(13)16-10-4-6-12-18(16)20(19)22/h1-12H. The van der Waals surface area contributed by atoms with E-state index < -0.39 is 10.9 Å². The summed E-state index contributed by atoms with van der Waals surface area (Å²) in [5.41, 5.74) is -0.893. The van der Waals surface area contributed by atoms with Crippen molar-refractivity contribution in [2.24, 2.45) is 0 Å². The van der Waals surface area contributed by atoms with Gasteiger partial charge in [0.2, 0.25) is 10.9 Å². The molecule has 0 aliphatic carbocycles. The van der Waals surface area contributed by atoms with E-state index in [4.69, 9.17) is 0 Å². The van der Waals surface area contributed by atoms with E-state index in [0.717, 1.165) is 21.5 Å². The van der Waals surface area contributed by atoms with Gasteiger partial charge in [0.05, 0.1) is 0 Å². The molecule has 0 heterocycles. The number of benzene rings is 3. The van der Waals surface area contributed by atoms with Gasteiger partial charge in [0.1, 0.15) is 0 Å². The Morgan fingerprint density at radius 2 is 0.591 bits per heavy atom. The van der Waals surface area contributed by atoms with E-state index in [1.165, 1.54) is 0 Å². The quantitative estimate of drug-likeness (QED) is 0.459. The lowest BCUT2D eigenvalue weighted by molar-refractivity contribution is 1.60. The highest BCUT2D eigenvalue weighted by atomic mass is 16.2. The molecule has 2 nitrogen and oxygen atoms in total. The van der Waals surface area contributed by atoms with Crippen LogP contribution in [0.1, 0.15) is 0 Å². The zero-order valence-electron chi connectivity index (χ0n) is 11.7. The minimum absolute atomic E-state index is 0.447. The maximum Gasteiger partial charge on any atom is 0.234 e. The number of fused-ring (bicyclic) bond motifs is 5. The smallest absolute Gasteiger partial charge is 0.234 e. The zero-order chi connectivity index (χ0) is 15.1. The number of rotatable bonds is 0. The van der Waals surface area contributed by atoms with Gasteiger partial charge in [-0.15, -0.1) is 0 Å². The summed E-state index contributed by atoms with van der Waals surface area (Å²) in [4.78, 5) is 25.2. The van der Waals surface area contributed by atoms with E-state index in [0.29, 0.717) is 10.8 Å². The Morgan fingerprint density at radius 1 is 0.364 bits per heavy atom. The molecule has 0 saturated carbocycles. The van der Waals surface area contributed by atoms with Gasteiger partial charge in [-0.25, -0.2) is 0 Å². The predicted molar refractivity (Wildman–Crippen MR) is 91.5 cm³/mol. The Balaban J connectivity index is 2.55. The summed E-state index contributed by atoms with van der Waals surface area (Å²) < 4.78 is 0. The summed E-state index contributed by atoms with van der Waals surface area (Å²) in [5, 5.41) is 4.51. The summed E-state index contributed by atoms with van der Waals surface area (Å²) in [6.45, 7) is 0. The van der Waals surface area contributed by atoms with Crippen molar-refractivity contribution in [3.05, 3.63) is 93.2 Å². The third-order valence-electron chi connectivity index (χ3n) is 4.06. The van der Waals surface area contributed by atoms with Crippen LogP contribution in [0.15, 0.2) is 82.4 Å². The zero-order valence-corrected chi connectivity index (χ0v) is 11.7. The molecule has 0 atom stereocenters. The molecule has 0 N–H and O–H groups in total. The van der Waals surface area contributed by atoms with Crippen LogP contribution in [0.25, 0.3) is 32.3 Å². The lowest BCUT2D eigenvalue weighted by Gasteiger charge is -2.03. The summed E-state index contributed by atoms with van der Waals surface area (Å²) in [6.07, 6.45) is 0. The summed E-state index contributed by atoms with van der Waals surface area (Å²) >= 11 is 0. The maximum atomic E-state index is 12.6. The monoisotopic (exact) mass is 284 g/mol. The van der Waals surface area contributed by atoms with E-state index in [-0.39, 0.29) is 0 Å². The van der Waals surface area contributed by atoms with Crippen molar-refractivity contribution in [3.63, 3.8) is 0 Å². The van der Waals surface area contributed by atoms with Crippen molar-refractivity contribution < 1.29 is 0 Å². The molecule has 0 amide bonds. The normalized spacial score (nSPS) is 11.1. The van der Waals surface area contributed by atoms with Crippen molar-refractivity contribution >= 4 is 32.3 Å². The highest BCUT2D eigenvalue weighted by Crippen LogP contribution is 2.25. The highest BCUT2D eigenvalue weighted by molar-refractivity contribution is 6.14. The van der Waals surface area contributed by atoms with Gasteiger partial charge in [-0.2, -0.15) is 0 Å². The SMILES string of the molecule is O=c1c(=O)c2ccccc2c2ccccc2c2ccccc12. The minimum atomic E-state index is -0.447. The van der Waals surface area contributed by atoms with Gasteiger partial charge in [-0.1, -0.05) is 72.8 Å². The lowest BCUT2D eigenvalue weighted by atomic mass is 9.99. The van der Waals surface area contributed by atoms with Crippen molar-refractivity contribution in [2.45, 2.75) is 0 Å². The molecule has 0 aromatic heterocycles. The first kappa shape index (κ1) is 12.7. The third kappa shape index (κ3) is 1.74. The highest BCUT2D eigenvalue weighted by Gasteiger charge is 2.08. The molecule has 104 valence electrons. The molecule has 0 aliphatic heterocycles. The molecule has 0 unspecified atom stereocenters. The van der Waals surface area contributed by atoms with Crippen molar-refractivity contribution in [3.8, 4) is 0 Å². The fraction of sp³-hybridized carbons (Fsp3) is 0. The van der Waals surface area contributed by atoms with Crippen LogP contribution >= 0.6 is 0 Å². The summed E-state index contributed by atoms with van der Waals surface area (Å²) in [7, 11) is 0. The van der Waals surface area contributed by atoms with E-state index in [1.54, 1.807) is 24.3 Å². The molecule has 4 aromatic rings. The van der Waals surface area contributed by atoms with Gasteiger partial charge in [0, 0.05) is 10.8 Å². The molecular weight excluding hydrogens is 272 g/mol. The fourth-order valence-corrected chi connectivity index (χ4v) is 3.03. The van der Waals surface area contributed by atoms with E-state index >= 15 is 0 Å². The minimum Gasteiger partial charge on any atom is -0.285 e.